The molecule has 0 aliphatic carbocycles. The van der Waals surface area contributed by atoms with Gasteiger partial charge in [-0.15, -0.1) is 0 Å². The average molecular weight is 581 g/mol. The standard InChI is InChI=1S/C28H22F6N2O3S/c29-27(30,31)23-11-1-17(15-35)13-25(23)38-19-3-7-21(8-4-19)40(37)22-9-5-20(6-10-22)39-26-14-18(16-36)2-12-24(26)28(32,33)34/h1-14H,15-16,35-36H2. The third-order valence-electron chi connectivity index (χ3n) is 5.71. The molecule has 0 amide bonds. The van der Waals surface area contributed by atoms with Gasteiger partial charge in [0.2, 0.25) is 0 Å². The van der Waals surface area contributed by atoms with E-state index in [2.05, 4.69) is 0 Å². The van der Waals surface area contributed by atoms with Gasteiger partial charge in [-0.2, -0.15) is 26.3 Å². The van der Waals surface area contributed by atoms with Crippen LogP contribution >= 0.6 is 0 Å². The minimum Gasteiger partial charge on any atom is -0.606 e. The Bertz CT molecular complexity index is 1350. The molecular weight excluding hydrogens is 558 g/mol. The maximum atomic E-state index is 13.4. The van der Waals surface area contributed by atoms with Crippen LogP contribution in [0.1, 0.15) is 22.3 Å². The Morgan fingerprint density at radius 1 is 0.575 bits per heavy atom. The zero-order chi connectivity index (χ0) is 29.1. The van der Waals surface area contributed by atoms with Crippen molar-refractivity contribution in [1.82, 2.24) is 0 Å². The number of hydrogen-bond acceptors (Lipinski definition) is 5. The third kappa shape index (κ3) is 6.89. The lowest BCUT2D eigenvalue weighted by atomic mass is 10.1. The van der Waals surface area contributed by atoms with Gasteiger partial charge in [0.1, 0.15) is 23.0 Å². The van der Waals surface area contributed by atoms with Gasteiger partial charge in [-0.05, 0) is 83.9 Å². The second-order valence-corrected chi connectivity index (χ2v) is 9.96. The minimum atomic E-state index is -4.64. The molecule has 210 valence electrons. The van der Waals surface area contributed by atoms with E-state index < -0.39 is 46.2 Å². The number of alkyl halides is 6. The minimum absolute atomic E-state index is 0.0276. The molecular formula is C28H22F6N2O3S. The topological polar surface area (TPSA) is 93.6 Å². The monoisotopic (exact) mass is 580 g/mol. The van der Waals surface area contributed by atoms with Gasteiger partial charge in [0, 0.05) is 24.3 Å². The summed E-state index contributed by atoms with van der Waals surface area (Å²) in [5.41, 5.74) is 10.1. The van der Waals surface area contributed by atoms with E-state index in [-0.39, 0.29) is 24.6 Å². The Morgan fingerprint density at radius 2 is 0.925 bits per heavy atom. The molecule has 0 aliphatic rings. The highest BCUT2D eigenvalue weighted by Crippen LogP contribution is 2.40. The van der Waals surface area contributed by atoms with Gasteiger partial charge in [0.25, 0.3) is 0 Å². The molecule has 4 aromatic carbocycles. The van der Waals surface area contributed by atoms with Crippen molar-refractivity contribution in [3.8, 4) is 23.0 Å². The number of hydrogen-bond donors (Lipinski definition) is 2. The fraction of sp³-hybridized carbons (Fsp3) is 0.143. The molecule has 0 atom stereocenters. The summed E-state index contributed by atoms with van der Waals surface area (Å²) in [5, 5.41) is 0. The zero-order valence-corrected chi connectivity index (χ0v) is 21.4. The zero-order valence-electron chi connectivity index (χ0n) is 20.6. The molecule has 0 heterocycles. The fourth-order valence-corrected chi connectivity index (χ4v) is 4.72. The lowest BCUT2D eigenvalue weighted by Gasteiger charge is -2.16. The summed E-state index contributed by atoms with van der Waals surface area (Å²) in [6.07, 6.45) is -9.28. The first-order chi connectivity index (χ1) is 18.9. The third-order valence-corrected chi connectivity index (χ3v) is 7.11. The summed E-state index contributed by atoms with van der Waals surface area (Å²) in [5.74, 6) is -0.648. The van der Waals surface area contributed by atoms with E-state index in [0.717, 1.165) is 12.1 Å². The van der Waals surface area contributed by atoms with Crippen LogP contribution in [0.3, 0.4) is 0 Å². The lowest BCUT2D eigenvalue weighted by Crippen LogP contribution is -2.08. The molecule has 4 rings (SSSR count). The van der Waals surface area contributed by atoms with Crippen LogP contribution in [0.15, 0.2) is 94.7 Å². The molecule has 0 bridgehead atoms. The lowest BCUT2D eigenvalue weighted by molar-refractivity contribution is -0.139. The number of nitrogens with two attached hydrogens (primary N) is 2. The highest BCUT2D eigenvalue weighted by atomic mass is 32.2. The molecule has 0 unspecified atom stereocenters. The van der Waals surface area contributed by atoms with E-state index in [1.165, 1.54) is 72.8 Å². The van der Waals surface area contributed by atoms with Crippen molar-refractivity contribution < 1.29 is 40.4 Å². The predicted molar refractivity (Wildman–Crippen MR) is 136 cm³/mol. The maximum Gasteiger partial charge on any atom is 0.419 e. The molecule has 0 saturated heterocycles. The molecule has 0 radical (unpaired) electrons. The van der Waals surface area contributed by atoms with E-state index in [9.17, 15) is 30.9 Å². The van der Waals surface area contributed by atoms with Gasteiger partial charge in [0.05, 0.1) is 11.1 Å². The van der Waals surface area contributed by atoms with E-state index in [4.69, 9.17) is 20.9 Å². The second kappa shape index (κ2) is 11.8. The number of benzene rings is 4. The molecule has 40 heavy (non-hydrogen) atoms. The predicted octanol–water partition coefficient (Wildman–Crippen LogP) is 7.39. The van der Waals surface area contributed by atoms with Gasteiger partial charge in [-0.3, -0.25) is 0 Å². The first kappa shape index (κ1) is 29.3. The van der Waals surface area contributed by atoms with E-state index in [0.29, 0.717) is 20.9 Å². The van der Waals surface area contributed by atoms with Gasteiger partial charge < -0.3 is 25.5 Å². The highest BCUT2D eigenvalue weighted by Gasteiger charge is 2.35. The Labute approximate surface area is 228 Å². The maximum absolute atomic E-state index is 13.4. The van der Waals surface area contributed by atoms with Crippen LogP contribution in [0.2, 0.25) is 0 Å². The Hall–Kier alpha value is -3.71. The van der Waals surface area contributed by atoms with Gasteiger partial charge in [-0.25, -0.2) is 0 Å². The molecule has 0 spiro atoms. The van der Waals surface area contributed by atoms with Crippen molar-refractivity contribution in [2.24, 2.45) is 11.5 Å². The smallest absolute Gasteiger partial charge is 0.419 e. The first-order valence-corrected chi connectivity index (χ1v) is 12.8. The molecule has 4 aromatic rings. The summed E-state index contributed by atoms with van der Waals surface area (Å²) < 4.78 is 104. The summed E-state index contributed by atoms with van der Waals surface area (Å²) in [6.45, 7) is 0.0552. The van der Waals surface area contributed by atoms with Crippen LogP contribution in [-0.2, 0) is 36.6 Å². The van der Waals surface area contributed by atoms with Gasteiger partial charge >= 0.3 is 12.4 Å². The van der Waals surface area contributed by atoms with Crippen LogP contribution < -0.4 is 20.9 Å². The highest BCUT2D eigenvalue weighted by molar-refractivity contribution is 7.91. The van der Waals surface area contributed by atoms with E-state index in [1.807, 2.05) is 0 Å². The normalized spacial score (nSPS) is 12.1. The molecule has 0 saturated carbocycles. The summed E-state index contributed by atoms with van der Waals surface area (Å²) in [6, 6.07) is 18.0. The molecule has 4 N–H and O–H groups in total. The molecule has 0 fully saturated rings. The van der Waals surface area contributed by atoms with Gasteiger partial charge in [-0.1, -0.05) is 12.1 Å². The summed E-state index contributed by atoms with van der Waals surface area (Å²) in [7, 11) is 0. The Balaban J connectivity index is 1.50. The molecule has 0 aromatic heterocycles. The van der Waals surface area contributed by atoms with Crippen LogP contribution in [0.4, 0.5) is 26.3 Å². The molecule has 5 nitrogen and oxygen atoms in total. The van der Waals surface area contributed by atoms with Crippen LogP contribution in [0.25, 0.3) is 0 Å². The van der Waals surface area contributed by atoms with Crippen molar-refractivity contribution in [2.75, 3.05) is 0 Å². The SMILES string of the molecule is NCc1ccc(C(F)(F)F)c(Oc2ccc([S+]([O-])c3ccc(Oc4cc(CN)ccc4C(F)(F)F)cc3)cc2)c1. The van der Waals surface area contributed by atoms with E-state index in [1.54, 1.807) is 0 Å². The van der Waals surface area contributed by atoms with Crippen molar-refractivity contribution in [3.05, 3.63) is 107 Å². The fourth-order valence-electron chi connectivity index (χ4n) is 3.68. The van der Waals surface area contributed by atoms with Crippen molar-refractivity contribution in [1.29, 1.82) is 0 Å². The quantitative estimate of drug-likeness (QED) is 0.167. The van der Waals surface area contributed by atoms with E-state index >= 15 is 0 Å². The Morgan fingerprint density at radius 3 is 1.23 bits per heavy atom. The van der Waals surface area contributed by atoms with Crippen molar-refractivity contribution >= 4 is 11.2 Å². The van der Waals surface area contributed by atoms with Crippen molar-refractivity contribution in [2.45, 2.75) is 35.2 Å². The van der Waals surface area contributed by atoms with Gasteiger partial charge in [0.15, 0.2) is 9.79 Å². The van der Waals surface area contributed by atoms with Crippen molar-refractivity contribution in [3.63, 3.8) is 0 Å². The largest absolute Gasteiger partial charge is 0.606 e. The average Bonchev–Trinajstić information content (AvgIpc) is 2.92. The number of rotatable bonds is 8. The molecule has 12 heteroatoms. The second-order valence-electron chi connectivity index (χ2n) is 8.48. The summed E-state index contributed by atoms with van der Waals surface area (Å²) in [4.78, 5) is 0.644. The van der Waals surface area contributed by atoms with Crippen LogP contribution in [0, 0.1) is 0 Å². The molecule has 0 aliphatic heterocycles. The van der Waals surface area contributed by atoms with Crippen LogP contribution in [0.5, 0.6) is 23.0 Å². The number of halogens is 6. The first-order valence-electron chi connectivity index (χ1n) is 11.7. The Kier molecular flexibility index (Phi) is 8.64. The summed E-state index contributed by atoms with van der Waals surface area (Å²) >= 11 is -1.71. The number of ether oxygens (including phenoxy) is 2. The van der Waals surface area contributed by atoms with Crippen LogP contribution in [-0.4, -0.2) is 4.55 Å².